The third-order valence-electron chi connectivity index (χ3n) is 3.68. The molecule has 0 aromatic heterocycles. The van der Waals surface area contributed by atoms with Gasteiger partial charge >= 0.3 is 0 Å². The van der Waals surface area contributed by atoms with Crippen molar-refractivity contribution < 1.29 is 10.0 Å². The quantitative estimate of drug-likeness (QED) is 0.684. The van der Waals surface area contributed by atoms with E-state index >= 15 is 0 Å². The summed E-state index contributed by atoms with van der Waals surface area (Å²) in [6, 6.07) is 3.20. The monoisotopic (exact) mass is 284 g/mol. The van der Waals surface area contributed by atoms with E-state index in [2.05, 4.69) is 4.90 Å². The predicted molar refractivity (Wildman–Crippen MR) is 74.9 cm³/mol. The molecule has 19 heavy (non-hydrogen) atoms. The van der Waals surface area contributed by atoms with E-state index in [1.54, 1.807) is 6.07 Å². The minimum absolute atomic E-state index is 0.0480. The van der Waals surface area contributed by atoms with Crippen LogP contribution in [-0.4, -0.2) is 29.7 Å². The summed E-state index contributed by atoms with van der Waals surface area (Å²) in [5, 5.41) is 20.1. The summed E-state index contributed by atoms with van der Waals surface area (Å²) >= 11 is 5.96. The molecule has 0 saturated carbocycles. The molecule has 1 fully saturated rings. The fraction of sp³-hybridized carbons (Fsp3) is 0.538. The van der Waals surface area contributed by atoms with Crippen molar-refractivity contribution in [1.82, 2.24) is 0 Å². The number of nitro groups is 1. The van der Waals surface area contributed by atoms with Crippen molar-refractivity contribution in [2.75, 3.05) is 24.6 Å². The van der Waals surface area contributed by atoms with Crippen LogP contribution in [0.2, 0.25) is 5.02 Å². The number of anilines is 1. The maximum atomic E-state index is 10.8. The number of piperidine rings is 1. The Labute approximate surface area is 116 Å². The number of aryl methyl sites for hydroxylation is 1. The van der Waals surface area contributed by atoms with Gasteiger partial charge in [-0.05, 0) is 37.3 Å². The highest BCUT2D eigenvalue weighted by Crippen LogP contribution is 2.34. The number of halogens is 1. The Morgan fingerprint density at radius 1 is 1.47 bits per heavy atom. The SMILES string of the molecule is Cc1cc([N+](=O)[O-])c(Cl)cc1N1CCC(CO)CC1. The Hall–Kier alpha value is -1.33. The molecule has 1 saturated heterocycles. The van der Waals surface area contributed by atoms with Gasteiger partial charge in [-0.15, -0.1) is 0 Å². The summed E-state index contributed by atoms with van der Waals surface area (Å²) < 4.78 is 0. The Morgan fingerprint density at radius 2 is 2.11 bits per heavy atom. The van der Waals surface area contributed by atoms with E-state index in [-0.39, 0.29) is 17.3 Å². The van der Waals surface area contributed by atoms with Crippen LogP contribution in [0.1, 0.15) is 18.4 Å². The van der Waals surface area contributed by atoms with Crippen LogP contribution in [0.4, 0.5) is 11.4 Å². The number of hydrogen-bond acceptors (Lipinski definition) is 4. The van der Waals surface area contributed by atoms with Crippen LogP contribution >= 0.6 is 11.6 Å². The summed E-state index contributed by atoms with van der Waals surface area (Å²) in [5.74, 6) is 0.366. The molecule has 0 aliphatic carbocycles. The zero-order valence-corrected chi connectivity index (χ0v) is 11.6. The second-order valence-electron chi connectivity index (χ2n) is 4.96. The van der Waals surface area contributed by atoms with E-state index in [1.165, 1.54) is 6.07 Å². The molecule has 0 bridgehead atoms. The van der Waals surface area contributed by atoms with Crippen LogP contribution in [0.25, 0.3) is 0 Å². The van der Waals surface area contributed by atoms with Gasteiger partial charge in [0.25, 0.3) is 5.69 Å². The average molecular weight is 285 g/mol. The molecule has 0 atom stereocenters. The van der Waals surface area contributed by atoms with E-state index < -0.39 is 4.92 Å². The van der Waals surface area contributed by atoms with Crippen molar-refractivity contribution in [3.63, 3.8) is 0 Å². The first-order valence-electron chi connectivity index (χ1n) is 6.33. The summed E-state index contributed by atoms with van der Waals surface area (Å²) in [6.45, 7) is 3.78. The largest absolute Gasteiger partial charge is 0.396 e. The van der Waals surface area contributed by atoms with Crippen LogP contribution in [-0.2, 0) is 0 Å². The molecule has 0 amide bonds. The van der Waals surface area contributed by atoms with E-state index in [9.17, 15) is 10.1 Å². The summed E-state index contributed by atoms with van der Waals surface area (Å²) in [5.41, 5.74) is 1.76. The third kappa shape index (κ3) is 2.98. The molecular formula is C13H17ClN2O3. The number of aliphatic hydroxyl groups is 1. The first-order chi connectivity index (χ1) is 9.02. The molecule has 104 valence electrons. The second kappa shape index (κ2) is 5.75. The van der Waals surface area contributed by atoms with Crippen LogP contribution in [0, 0.1) is 23.0 Å². The Morgan fingerprint density at radius 3 is 2.63 bits per heavy atom. The highest BCUT2D eigenvalue weighted by molar-refractivity contribution is 6.33. The van der Waals surface area contributed by atoms with Gasteiger partial charge in [0.15, 0.2) is 0 Å². The highest BCUT2D eigenvalue weighted by Gasteiger charge is 2.22. The number of nitro benzene ring substituents is 1. The zero-order chi connectivity index (χ0) is 14.0. The van der Waals surface area contributed by atoms with Crippen LogP contribution in [0.5, 0.6) is 0 Å². The molecule has 1 aliphatic rings. The van der Waals surface area contributed by atoms with E-state index in [1.807, 2.05) is 6.92 Å². The lowest BCUT2D eigenvalue weighted by atomic mass is 9.97. The highest BCUT2D eigenvalue weighted by atomic mass is 35.5. The fourth-order valence-electron chi connectivity index (χ4n) is 2.49. The normalized spacial score (nSPS) is 16.7. The minimum atomic E-state index is -0.461. The van der Waals surface area contributed by atoms with Gasteiger partial charge in [-0.25, -0.2) is 0 Å². The standard InChI is InChI=1S/C13H17ClN2O3/c1-9-6-13(16(18)19)11(14)7-12(9)15-4-2-10(8-17)3-5-15/h6-7,10,17H,2-5,8H2,1H3. The zero-order valence-electron chi connectivity index (χ0n) is 10.8. The van der Waals surface area contributed by atoms with Gasteiger partial charge in [-0.1, -0.05) is 11.6 Å². The number of rotatable bonds is 3. The van der Waals surface area contributed by atoms with E-state index in [0.717, 1.165) is 37.2 Å². The lowest BCUT2D eigenvalue weighted by Crippen LogP contribution is -2.35. The van der Waals surface area contributed by atoms with Gasteiger partial charge in [-0.3, -0.25) is 10.1 Å². The van der Waals surface area contributed by atoms with Gasteiger partial charge in [0, 0.05) is 31.5 Å². The van der Waals surface area contributed by atoms with Crippen LogP contribution < -0.4 is 4.90 Å². The van der Waals surface area contributed by atoms with Gasteiger partial charge < -0.3 is 10.0 Å². The minimum Gasteiger partial charge on any atom is -0.396 e. The van der Waals surface area contributed by atoms with Crippen LogP contribution in [0.3, 0.4) is 0 Å². The smallest absolute Gasteiger partial charge is 0.288 e. The molecule has 0 spiro atoms. The van der Waals surface area contributed by atoms with Crippen molar-refractivity contribution in [3.8, 4) is 0 Å². The molecule has 1 N–H and O–H groups in total. The lowest BCUT2D eigenvalue weighted by Gasteiger charge is -2.33. The van der Waals surface area contributed by atoms with Crippen molar-refractivity contribution >= 4 is 23.0 Å². The van der Waals surface area contributed by atoms with Crippen molar-refractivity contribution in [3.05, 3.63) is 32.8 Å². The number of nitrogens with zero attached hydrogens (tertiary/aromatic N) is 2. The molecule has 1 aliphatic heterocycles. The van der Waals surface area contributed by atoms with Gasteiger partial charge in [0.05, 0.1) is 4.92 Å². The molecule has 1 aromatic rings. The number of aliphatic hydroxyl groups excluding tert-OH is 1. The van der Waals surface area contributed by atoms with Crippen molar-refractivity contribution in [2.45, 2.75) is 19.8 Å². The summed E-state index contributed by atoms with van der Waals surface area (Å²) in [6.07, 6.45) is 1.87. The predicted octanol–water partition coefficient (Wildman–Crippen LogP) is 2.77. The van der Waals surface area contributed by atoms with Gasteiger partial charge in [0.1, 0.15) is 5.02 Å². The molecule has 6 heteroatoms. The first kappa shape index (κ1) is 14.1. The third-order valence-corrected chi connectivity index (χ3v) is 3.98. The number of hydrogen-bond donors (Lipinski definition) is 1. The molecule has 0 radical (unpaired) electrons. The topological polar surface area (TPSA) is 66.6 Å². The second-order valence-corrected chi connectivity index (χ2v) is 5.37. The molecule has 2 rings (SSSR count). The Balaban J connectivity index is 2.22. The maximum absolute atomic E-state index is 10.8. The van der Waals surface area contributed by atoms with E-state index in [4.69, 9.17) is 16.7 Å². The lowest BCUT2D eigenvalue weighted by molar-refractivity contribution is -0.384. The van der Waals surface area contributed by atoms with E-state index in [0.29, 0.717) is 5.92 Å². The fourth-order valence-corrected chi connectivity index (χ4v) is 2.72. The molecule has 1 aromatic carbocycles. The van der Waals surface area contributed by atoms with Crippen LogP contribution in [0.15, 0.2) is 12.1 Å². The van der Waals surface area contributed by atoms with Gasteiger partial charge in [-0.2, -0.15) is 0 Å². The van der Waals surface area contributed by atoms with Crippen molar-refractivity contribution in [2.24, 2.45) is 5.92 Å². The Kier molecular flexibility index (Phi) is 4.27. The number of benzene rings is 1. The summed E-state index contributed by atoms with van der Waals surface area (Å²) in [7, 11) is 0. The molecule has 1 heterocycles. The maximum Gasteiger partial charge on any atom is 0.288 e. The molecular weight excluding hydrogens is 268 g/mol. The first-order valence-corrected chi connectivity index (χ1v) is 6.71. The van der Waals surface area contributed by atoms with Crippen molar-refractivity contribution in [1.29, 1.82) is 0 Å². The Bertz CT molecular complexity index is 485. The average Bonchev–Trinajstić information content (AvgIpc) is 2.41. The molecule has 5 nitrogen and oxygen atoms in total. The molecule has 0 unspecified atom stereocenters. The summed E-state index contributed by atoms with van der Waals surface area (Å²) in [4.78, 5) is 12.5. The van der Waals surface area contributed by atoms with Gasteiger partial charge in [0.2, 0.25) is 0 Å².